The molecule has 0 spiro atoms. The van der Waals surface area contributed by atoms with Gasteiger partial charge < -0.3 is 9.47 Å². The van der Waals surface area contributed by atoms with Crippen LogP contribution in [-0.2, 0) is 22.4 Å². The molecule has 0 atom stereocenters. The highest BCUT2D eigenvalue weighted by atomic mass is 16.5. The molecule has 0 amide bonds. The zero-order valence-electron chi connectivity index (χ0n) is 8.95. The van der Waals surface area contributed by atoms with Crippen LogP contribution in [0.2, 0.25) is 0 Å². The molecule has 0 aromatic carbocycles. The second kappa shape index (κ2) is 6.56. The quantitative estimate of drug-likeness (QED) is 0.514. The molecular weight excluding hydrogens is 180 g/mol. The van der Waals surface area contributed by atoms with Gasteiger partial charge in [-0.1, -0.05) is 0 Å². The van der Waals surface area contributed by atoms with Gasteiger partial charge in [0.05, 0.1) is 19.6 Å². The Morgan fingerprint density at radius 3 is 3.00 bits per heavy atom. The van der Waals surface area contributed by atoms with Crippen LogP contribution in [0.3, 0.4) is 0 Å². The average molecular weight is 199 g/mol. The third kappa shape index (κ3) is 3.47. The zero-order chi connectivity index (χ0) is 10.2. The van der Waals surface area contributed by atoms with Crippen molar-refractivity contribution in [3.05, 3.63) is 18.2 Å². The minimum Gasteiger partial charge on any atom is -0.381 e. The highest BCUT2D eigenvalue weighted by molar-refractivity contribution is 4.77. The lowest BCUT2D eigenvalue weighted by atomic mass is 10.4. The smallest absolute Gasteiger partial charge is 0.256 e. The molecule has 0 aliphatic rings. The molecule has 0 bridgehead atoms. The maximum atomic E-state index is 5.30. The molecular formula is C10H19N2O2+. The van der Waals surface area contributed by atoms with Crippen molar-refractivity contribution in [2.45, 2.75) is 19.9 Å². The number of nitrogens with zero attached hydrogens (tertiary/aromatic N) is 1. The van der Waals surface area contributed by atoms with Gasteiger partial charge in [0.1, 0.15) is 18.9 Å². The molecule has 1 aromatic heterocycles. The number of aromatic nitrogens is 2. The minimum atomic E-state index is 0.740. The predicted octanol–water partition coefficient (Wildman–Crippen LogP) is 0.528. The summed E-state index contributed by atoms with van der Waals surface area (Å²) < 4.78 is 12.5. The Morgan fingerprint density at radius 2 is 2.29 bits per heavy atom. The number of imidazole rings is 1. The van der Waals surface area contributed by atoms with Gasteiger partial charge in [0.25, 0.3) is 5.82 Å². The Bertz CT molecular complexity index is 248. The number of hydrogen-bond acceptors (Lipinski definition) is 2. The molecule has 0 saturated carbocycles. The van der Waals surface area contributed by atoms with E-state index in [1.807, 2.05) is 19.3 Å². The van der Waals surface area contributed by atoms with E-state index in [4.69, 9.17) is 9.47 Å². The molecule has 80 valence electrons. The molecule has 1 heterocycles. The van der Waals surface area contributed by atoms with Gasteiger partial charge >= 0.3 is 0 Å². The maximum Gasteiger partial charge on any atom is 0.256 e. The van der Waals surface area contributed by atoms with Crippen LogP contribution >= 0.6 is 0 Å². The van der Waals surface area contributed by atoms with E-state index < -0.39 is 0 Å². The van der Waals surface area contributed by atoms with Gasteiger partial charge in [-0.3, -0.25) is 0 Å². The van der Waals surface area contributed by atoms with Gasteiger partial charge in [0.15, 0.2) is 0 Å². The van der Waals surface area contributed by atoms with Gasteiger partial charge in [-0.05, 0) is 6.92 Å². The number of hydrogen-bond donors (Lipinski definition) is 1. The Morgan fingerprint density at radius 1 is 1.43 bits per heavy atom. The molecule has 1 N–H and O–H groups in total. The first-order chi connectivity index (χ1) is 6.88. The van der Waals surface area contributed by atoms with Crippen LogP contribution < -0.4 is 4.57 Å². The number of H-pyrrole nitrogens is 1. The largest absolute Gasteiger partial charge is 0.381 e. The van der Waals surface area contributed by atoms with Crippen LogP contribution in [0.4, 0.5) is 0 Å². The van der Waals surface area contributed by atoms with Gasteiger partial charge in [-0.15, -0.1) is 0 Å². The molecule has 0 radical (unpaired) electrons. The number of rotatable bonds is 7. The highest BCUT2D eigenvalue weighted by Crippen LogP contribution is 1.90. The van der Waals surface area contributed by atoms with Gasteiger partial charge in [-0.2, -0.15) is 0 Å². The Kier molecular flexibility index (Phi) is 5.25. The second-order valence-electron chi connectivity index (χ2n) is 3.04. The first kappa shape index (κ1) is 11.2. The lowest BCUT2D eigenvalue weighted by molar-refractivity contribution is -0.704. The van der Waals surface area contributed by atoms with Crippen LogP contribution in [0.1, 0.15) is 12.7 Å². The van der Waals surface area contributed by atoms with E-state index in [1.165, 1.54) is 5.82 Å². The van der Waals surface area contributed by atoms with E-state index >= 15 is 0 Å². The third-order valence-electron chi connectivity index (χ3n) is 2.07. The summed E-state index contributed by atoms with van der Waals surface area (Å²) in [6, 6.07) is 0. The standard InChI is InChI=1S/C10H18N2O2/c1-3-14-8-4-10-11-5-6-12(10)7-9-13-2/h5-6H,3-4,7-9H2,1-2H3/p+1. The third-order valence-corrected chi connectivity index (χ3v) is 2.07. The molecule has 0 aliphatic carbocycles. The fourth-order valence-electron chi connectivity index (χ4n) is 1.32. The predicted molar refractivity (Wildman–Crippen MR) is 53.1 cm³/mol. The molecule has 0 saturated heterocycles. The minimum absolute atomic E-state index is 0.740. The summed E-state index contributed by atoms with van der Waals surface area (Å²) in [5.74, 6) is 1.19. The lowest BCUT2D eigenvalue weighted by Crippen LogP contribution is -2.38. The van der Waals surface area contributed by atoms with Crippen LogP contribution in [0.15, 0.2) is 12.4 Å². The molecule has 4 nitrogen and oxygen atoms in total. The van der Waals surface area contributed by atoms with Crippen LogP contribution in [0.25, 0.3) is 0 Å². The Labute approximate surface area is 84.9 Å². The number of aromatic amines is 1. The molecule has 0 unspecified atom stereocenters. The number of methoxy groups -OCH3 is 1. The summed E-state index contributed by atoms with van der Waals surface area (Å²) in [7, 11) is 1.72. The Hall–Kier alpha value is -0.870. The fraction of sp³-hybridized carbons (Fsp3) is 0.700. The summed E-state index contributed by atoms with van der Waals surface area (Å²) in [4.78, 5) is 3.20. The zero-order valence-corrected chi connectivity index (χ0v) is 8.95. The molecule has 0 aliphatic heterocycles. The van der Waals surface area contributed by atoms with Gasteiger partial charge in [0, 0.05) is 13.7 Å². The summed E-state index contributed by atoms with van der Waals surface area (Å²) in [6.07, 6.45) is 4.89. The van der Waals surface area contributed by atoms with Crippen molar-refractivity contribution < 1.29 is 14.0 Å². The molecule has 1 rings (SSSR count). The molecule has 1 aromatic rings. The summed E-state index contributed by atoms with van der Waals surface area (Å²) in [5.41, 5.74) is 0. The molecule has 14 heavy (non-hydrogen) atoms. The summed E-state index contributed by atoms with van der Waals surface area (Å²) in [5, 5.41) is 0. The van der Waals surface area contributed by atoms with Crippen molar-refractivity contribution in [2.24, 2.45) is 0 Å². The normalized spacial score (nSPS) is 10.7. The Balaban J connectivity index is 2.37. The van der Waals surface area contributed by atoms with Crippen molar-refractivity contribution >= 4 is 0 Å². The SMILES string of the molecule is CCOCCc1[nH]cc[n+]1CCOC. The molecule has 4 heteroatoms. The lowest BCUT2D eigenvalue weighted by Gasteiger charge is -2.00. The first-order valence-corrected chi connectivity index (χ1v) is 5.00. The van der Waals surface area contributed by atoms with E-state index in [-0.39, 0.29) is 0 Å². The summed E-state index contributed by atoms with van der Waals surface area (Å²) >= 11 is 0. The number of ether oxygens (including phenoxy) is 2. The topological polar surface area (TPSA) is 38.1 Å². The molecule has 0 fully saturated rings. The van der Waals surface area contributed by atoms with Crippen molar-refractivity contribution in [3.63, 3.8) is 0 Å². The second-order valence-corrected chi connectivity index (χ2v) is 3.04. The van der Waals surface area contributed by atoms with Crippen molar-refractivity contribution in [3.8, 4) is 0 Å². The maximum absolute atomic E-state index is 5.30. The van der Waals surface area contributed by atoms with E-state index in [0.29, 0.717) is 0 Å². The first-order valence-electron chi connectivity index (χ1n) is 5.00. The van der Waals surface area contributed by atoms with Crippen LogP contribution in [0, 0.1) is 0 Å². The number of nitrogens with one attached hydrogen (secondary N) is 1. The monoisotopic (exact) mass is 199 g/mol. The van der Waals surface area contributed by atoms with E-state index in [0.717, 1.165) is 32.8 Å². The van der Waals surface area contributed by atoms with Crippen molar-refractivity contribution in [1.29, 1.82) is 0 Å². The average Bonchev–Trinajstić information content (AvgIpc) is 2.63. The highest BCUT2D eigenvalue weighted by Gasteiger charge is 2.09. The van der Waals surface area contributed by atoms with Gasteiger partial charge in [0.2, 0.25) is 0 Å². The van der Waals surface area contributed by atoms with E-state index in [9.17, 15) is 0 Å². The van der Waals surface area contributed by atoms with E-state index in [2.05, 4.69) is 9.55 Å². The summed E-state index contributed by atoms with van der Waals surface area (Å²) in [6.45, 7) is 5.18. The van der Waals surface area contributed by atoms with Crippen molar-refractivity contribution in [1.82, 2.24) is 4.98 Å². The van der Waals surface area contributed by atoms with Crippen LogP contribution in [-0.4, -0.2) is 31.9 Å². The van der Waals surface area contributed by atoms with Gasteiger partial charge in [-0.25, -0.2) is 9.55 Å². The van der Waals surface area contributed by atoms with E-state index in [1.54, 1.807) is 7.11 Å². The fourth-order valence-corrected chi connectivity index (χ4v) is 1.32. The van der Waals surface area contributed by atoms with Crippen LogP contribution in [0.5, 0.6) is 0 Å². The van der Waals surface area contributed by atoms with Crippen molar-refractivity contribution in [2.75, 3.05) is 26.9 Å².